The predicted octanol–water partition coefficient (Wildman–Crippen LogP) is 3.27. The van der Waals surface area contributed by atoms with Crippen LogP contribution in [0.2, 0.25) is 0 Å². The highest BCUT2D eigenvalue weighted by Gasteiger charge is 2.31. The second-order valence-electron chi connectivity index (χ2n) is 6.37. The van der Waals surface area contributed by atoms with E-state index in [0.717, 1.165) is 45.9 Å². The molecule has 2 aromatic rings. The number of thiophene rings is 1. The minimum absolute atomic E-state index is 0.0112. The molecule has 0 aromatic carbocycles. The largest absolute Gasteiger partial charge is 0.317 e. The molecule has 1 aliphatic heterocycles. The number of hydrogen-bond donors (Lipinski definition) is 2. The highest BCUT2D eigenvalue weighted by molar-refractivity contribution is 9.11. The van der Waals surface area contributed by atoms with E-state index in [1.54, 1.807) is 13.1 Å². The van der Waals surface area contributed by atoms with Crippen LogP contribution in [0.3, 0.4) is 0 Å². The summed E-state index contributed by atoms with van der Waals surface area (Å²) in [6, 6.07) is 1.71. The molecule has 2 N–H and O–H groups in total. The zero-order valence-corrected chi connectivity index (χ0v) is 19.2. The summed E-state index contributed by atoms with van der Waals surface area (Å²) in [6.45, 7) is 4.93. The summed E-state index contributed by atoms with van der Waals surface area (Å²) in [5.41, 5.74) is 1.53. The number of piperidine rings is 1. The fraction of sp³-hybridized carbons (Fsp3) is 0.500. The van der Waals surface area contributed by atoms with Gasteiger partial charge in [-0.3, -0.25) is 4.79 Å². The maximum Gasteiger partial charge on any atom is 0.252 e. The van der Waals surface area contributed by atoms with Gasteiger partial charge in [-0.25, -0.2) is 13.4 Å². The van der Waals surface area contributed by atoms with E-state index in [1.165, 1.54) is 33.9 Å². The molecule has 1 amide bonds. The summed E-state index contributed by atoms with van der Waals surface area (Å²) < 4.78 is 28.7. The summed E-state index contributed by atoms with van der Waals surface area (Å²) in [6.07, 6.45) is 1.62. The van der Waals surface area contributed by atoms with Crippen molar-refractivity contribution in [2.24, 2.45) is 0 Å². The van der Waals surface area contributed by atoms with Crippen LogP contribution in [-0.2, 0) is 14.8 Å². The van der Waals surface area contributed by atoms with Gasteiger partial charge >= 0.3 is 0 Å². The van der Waals surface area contributed by atoms with Crippen molar-refractivity contribution < 1.29 is 13.2 Å². The van der Waals surface area contributed by atoms with Crippen LogP contribution in [0.4, 0.5) is 5.13 Å². The van der Waals surface area contributed by atoms with Crippen molar-refractivity contribution in [3.8, 4) is 10.4 Å². The quantitative estimate of drug-likeness (QED) is 0.667. The third-order valence-electron chi connectivity index (χ3n) is 4.44. The van der Waals surface area contributed by atoms with Gasteiger partial charge in [0.2, 0.25) is 5.91 Å². The topological polar surface area (TPSA) is 91.4 Å². The highest BCUT2D eigenvalue weighted by atomic mass is 79.9. The van der Waals surface area contributed by atoms with Crippen LogP contribution in [0.5, 0.6) is 0 Å². The molecule has 7 nitrogen and oxygen atoms in total. The van der Waals surface area contributed by atoms with E-state index in [-0.39, 0.29) is 11.9 Å². The zero-order valence-electron chi connectivity index (χ0n) is 15.2. The van der Waals surface area contributed by atoms with E-state index in [9.17, 15) is 13.2 Å². The van der Waals surface area contributed by atoms with Crippen molar-refractivity contribution >= 4 is 59.7 Å². The van der Waals surface area contributed by atoms with Gasteiger partial charge in [-0.1, -0.05) is 11.3 Å². The van der Waals surface area contributed by atoms with Gasteiger partial charge in [0.15, 0.2) is 5.13 Å². The van der Waals surface area contributed by atoms with Gasteiger partial charge in [-0.2, -0.15) is 4.31 Å². The number of nitrogens with zero attached hydrogens (tertiary/aromatic N) is 2. The number of anilines is 1. The number of thiazole rings is 1. The summed E-state index contributed by atoms with van der Waals surface area (Å²) in [5.74, 6) is -0.188. The lowest BCUT2D eigenvalue weighted by molar-refractivity contribution is -0.114. The Bertz CT molecular complexity index is 948. The van der Waals surface area contributed by atoms with Crippen molar-refractivity contribution in [3.05, 3.63) is 15.5 Å². The van der Waals surface area contributed by atoms with Gasteiger partial charge in [0.1, 0.15) is 4.21 Å². The van der Waals surface area contributed by atoms with Crippen molar-refractivity contribution in [2.75, 3.05) is 25.5 Å². The van der Waals surface area contributed by atoms with Crippen molar-refractivity contribution in [2.45, 2.75) is 36.9 Å². The molecule has 0 unspecified atom stereocenters. The second-order valence-corrected chi connectivity index (χ2v) is 12.0. The molecule has 1 aliphatic rings. The van der Waals surface area contributed by atoms with E-state index in [2.05, 4.69) is 31.5 Å². The maximum absolute atomic E-state index is 13.1. The molecule has 1 saturated heterocycles. The molecule has 0 radical (unpaired) electrons. The van der Waals surface area contributed by atoms with Crippen LogP contribution in [0.25, 0.3) is 10.4 Å². The first-order valence-electron chi connectivity index (χ1n) is 8.43. The van der Waals surface area contributed by atoms with Crippen LogP contribution in [-0.4, -0.2) is 49.8 Å². The predicted molar refractivity (Wildman–Crippen MR) is 113 cm³/mol. The van der Waals surface area contributed by atoms with E-state index in [1.807, 2.05) is 6.92 Å². The van der Waals surface area contributed by atoms with Crippen molar-refractivity contribution in [3.63, 3.8) is 0 Å². The Labute approximate surface area is 175 Å². The number of halogens is 1. The molecule has 0 bridgehead atoms. The van der Waals surface area contributed by atoms with Crippen LogP contribution in [0.15, 0.2) is 14.1 Å². The number of carbonyl (C=O) groups excluding carboxylic acids is 1. The Morgan fingerprint density at radius 2 is 2.04 bits per heavy atom. The van der Waals surface area contributed by atoms with Crippen molar-refractivity contribution in [1.82, 2.24) is 14.6 Å². The van der Waals surface area contributed by atoms with Crippen LogP contribution in [0, 0.1) is 6.92 Å². The smallest absolute Gasteiger partial charge is 0.252 e. The first-order chi connectivity index (χ1) is 12.7. The minimum Gasteiger partial charge on any atom is -0.317 e. The lowest BCUT2D eigenvalue weighted by Gasteiger charge is -2.30. The number of aromatic nitrogens is 1. The van der Waals surface area contributed by atoms with Gasteiger partial charge in [-0.15, -0.1) is 11.3 Å². The molecule has 0 spiro atoms. The molecule has 27 heavy (non-hydrogen) atoms. The molecule has 0 aliphatic carbocycles. The van der Waals surface area contributed by atoms with Crippen molar-refractivity contribution in [1.29, 1.82) is 0 Å². The summed E-state index contributed by atoms with van der Waals surface area (Å²) in [4.78, 5) is 16.4. The number of rotatable bonds is 5. The molecule has 2 aromatic heterocycles. The molecule has 148 valence electrons. The average molecular weight is 493 g/mol. The SMILES string of the molecule is CC(=O)Nc1nc(C)c(-c2cc(S(=O)(=O)N(C)C3CCNCC3)sc2Br)s1. The number of hydrogen-bond acceptors (Lipinski definition) is 7. The summed E-state index contributed by atoms with van der Waals surface area (Å²) in [7, 11) is -1.91. The fourth-order valence-corrected chi connectivity index (χ4v) is 8.18. The van der Waals surface area contributed by atoms with E-state index >= 15 is 0 Å². The van der Waals surface area contributed by atoms with E-state index in [4.69, 9.17) is 0 Å². The summed E-state index contributed by atoms with van der Waals surface area (Å²) >= 11 is 6.04. The van der Waals surface area contributed by atoms with Crippen LogP contribution in [0.1, 0.15) is 25.5 Å². The highest BCUT2D eigenvalue weighted by Crippen LogP contribution is 2.43. The molecular weight excluding hydrogens is 472 g/mol. The first kappa shape index (κ1) is 20.9. The fourth-order valence-electron chi connectivity index (χ4n) is 2.99. The zero-order chi connectivity index (χ0) is 19.8. The normalized spacial score (nSPS) is 16.0. The van der Waals surface area contributed by atoms with Gasteiger partial charge in [0.25, 0.3) is 10.0 Å². The van der Waals surface area contributed by atoms with Crippen LogP contribution >= 0.6 is 38.6 Å². The first-order valence-corrected chi connectivity index (χ1v) is 12.3. The number of carbonyl (C=O) groups is 1. The molecular formula is C16H21BrN4O3S3. The number of nitrogens with one attached hydrogen (secondary N) is 2. The Balaban J connectivity index is 1.92. The van der Waals surface area contributed by atoms with Gasteiger partial charge in [0, 0.05) is 25.6 Å². The second kappa shape index (κ2) is 8.26. The third-order valence-corrected chi connectivity index (χ3v) is 9.75. The Kier molecular flexibility index (Phi) is 6.38. The minimum atomic E-state index is -3.56. The van der Waals surface area contributed by atoms with Gasteiger partial charge in [0.05, 0.1) is 14.4 Å². The average Bonchev–Trinajstić information content (AvgIpc) is 3.17. The van der Waals surface area contributed by atoms with E-state index in [0.29, 0.717) is 9.34 Å². The molecule has 1 fully saturated rings. The maximum atomic E-state index is 13.1. The summed E-state index contributed by atoms with van der Waals surface area (Å²) in [5, 5.41) is 6.44. The number of aryl methyl sites for hydroxylation is 1. The monoisotopic (exact) mass is 492 g/mol. The number of amides is 1. The molecule has 3 rings (SSSR count). The Morgan fingerprint density at radius 3 is 2.67 bits per heavy atom. The lowest BCUT2D eigenvalue weighted by Crippen LogP contribution is -2.43. The molecule has 3 heterocycles. The standard InChI is InChI=1S/C16H21BrN4O3S3/c1-9-14(26-16(19-9)20-10(2)22)12-8-13(25-15(12)17)27(23,24)21(3)11-4-6-18-7-5-11/h8,11,18H,4-7H2,1-3H3,(H,19,20,22). The Hall–Kier alpha value is -0.850. The lowest BCUT2D eigenvalue weighted by atomic mass is 10.1. The molecule has 0 saturated carbocycles. The number of sulfonamides is 1. The van der Waals surface area contributed by atoms with E-state index < -0.39 is 10.0 Å². The van der Waals surface area contributed by atoms with Gasteiger partial charge in [-0.05, 0) is 54.9 Å². The Morgan fingerprint density at radius 1 is 1.37 bits per heavy atom. The third kappa shape index (κ3) is 4.43. The molecule has 0 atom stereocenters. The van der Waals surface area contributed by atoms with Gasteiger partial charge < -0.3 is 10.6 Å². The van der Waals surface area contributed by atoms with Crippen LogP contribution < -0.4 is 10.6 Å². The molecule has 11 heteroatoms.